The second-order valence-corrected chi connectivity index (χ2v) is 6.91. The third-order valence-electron chi connectivity index (χ3n) is 4.53. The molecule has 1 aromatic rings. The van der Waals surface area contributed by atoms with Crippen molar-refractivity contribution in [3.63, 3.8) is 0 Å². The van der Waals surface area contributed by atoms with Crippen molar-refractivity contribution in [1.29, 1.82) is 0 Å². The van der Waals surface area contributed by atoms with Crippen molar-refractivity contribution < 1.29 is 4.79 Å². The molecule has 0 atom stereocenters. The second kappa shape index (κ2) is 5.85. The Kier molecular flexibility index (Phi) is 4.38. The molecule has 1 fully saturated rings. The van der Waals surface area contributed by atoms with Gasteiger partial charge in [-0.05, 0) is 54.7 Å². The van der Waals surface area contributed by atoms with E-state index in [4.69, 9.17) is 0 Å². The molecule has 2 heteroatoms. The number of rotatable bonds is 3. The monoisotopic (exact) mass is 259 g/mol. The Morgan fingerprint density at radius 3 is 2.26 bits per heavy atom. The van der Waals surface area contributed by atoms with Crippen molar-refractivity contribution in [2.45, 2.75) is 52.9 Å². The molecule has 0 unspecified atom stereocenters. The van der Waals surface area contributed by atoms with Crippen molar-refractivity contribution in [2.24, 2.45) is 17.3 Å². The molecule has 0 radical (unpaired) electrons. The van der Waals surface area contributed by atoms with Crippen LogP contribution in [0.1, 0.15) is 52.0 Å². The normalized spacial score (nSPS) is 24.2. The van der Waals surface area contributed by atoms with E-state index in [1.165, 1.54) is 12.8 Å². The maximum absolute atomic E-state index is 12.3. The summed E-state index contributed by atoms with van der Waals surface area (Å²) in [5.41, 5.74) is 1.48. The average Bonchev–Trinajstić information content (AvgIpc) is 2.39. The standard InChI is InChI=1S/C17H25NO/c1-17(2,3)15-6-4-14(5-7-15)16(19)12-13-8-10-18-11-9-13/h8-11,14-15H,4-7,12H2,1-3H3. The maximum atomic E-state index is 12.3. The van der Waals surface area contributed by atoms with Gasteiger partial charge in [-0.1, -0.05) is 20.8 Å². The minimum absolute atomic E-state index is 0.284. The van der Waals surface area contributed by atoms with E-state index in [2.05, 4.69) is 25.8 Å². The number of aromatic nitrogens is 1. The average molecular weight is 259 g/mol. The molecule has 0 N–H and O–H groups in total. The maximum Gasteiger partial charge on any atom is 0.140 e. The summed E-state index contributed by atoms with van der Waals surface area (Å²) >= 11 is 0. The van der Waals surface area contributed by atoms with E-state index in [0.717, 1.165) is 24.3 Å². The van der Waals surface area contributed by atoms with Gasteiger partial charge in [0.05, 0.1) is 0 Å². The predicted octanol–water partition coefficient (Wildman–Crippen LogP) is 4.05. The molecule has 1 heterocycles. The number of Topliss-reactive ketones (excluding diaryl/α,β-unsaturated/α-hetero) is 1. The van der Waals surface area contributed by atoms with Gasteiger partial charge in [0, 0.05) is 24.7 Å². The first kappa shape index (κ1) is 14.2. The first-order valence-corrected chi connectivity index (χ1v) is 7.38. The Balaban J connectivity index is 1.86. The third kappa shape index (κ3) is 3.89. The van der Waals surface area contributed by atoms with Gasteiger partial charge < -0.3 is 0 Å². The largest absolute Gasteiger partial charge is 0.299 e. The van der Waals surface area contributed by atoms with Gasteiger partial charge >= 0.3 is 0 Å². The Morgan fingerprint density at radius 2 is 1.74 bits per heavy atom. The molecule has 2 nitrogen and oxygen atoms in total. The first-order chi connectivity index (χ1) is 8.97. The summed E-state index contributed by atoms with van der Waals surface area (Å²) in [6.07, 6.45) is 8.66. The lowest BCUT2D eigenvalue weighted by atomic mass is 9.69. The predicted molar refractivity (Wildman–Crippen MR) is 77.9 cm³/mol. The molecule has 1 aromatic heterocycles. The van der Waals surface area contributed by atoms with Crippen LogP contribution in [0.15, 0.2) is 24.5 Å². The van der Waals surface area contributed by atoms with Gasteiger partial charge in [-0.15, -0.1) is 0 Å². The number of ketones is 1. The lowest BCUT2D eigenvalue weighted by molar-refractivity contribution is -0.123. The number of carbonyl (C=O) groups excluding carboxylic acids is 1. The van der Waals surface area contributed by atoms with Crippen molar-refractivity contribution in [3.05, 3.63) is 30.1 Å². The van der Waals surface area contributed by atoms with Crippen LogP contribution in [-0.4, -0.2) is 10.8 Å². The zero-order valence-corrected chi connectivity index (χ0v) is 12.4. The lowest BCUT2D eigenvalue weighted by Crippen LogP contribution is -2.29. The van der Waals surface area contributed by atoms with Gasteiger partial charge in [0.2, 0.25) is 0 Å². The van der Waals surface area contributed by atoms with Crippen LogP contribution in [-0.2, 0) is 11.2 Å². The number of hydrogen-bond acceptors (Lipinski definition) is 2. The fourth-order valence-electron chi connectivity index (χ4n) is 3.13. The smallest absolute Gasteiger partial charge is 0.140 e. The summed E-state index contributed by atoms with van der Waals surface area (Å²) in [7, 11) is 0. The van der Waals surface area contributed by atoms with Crippen LogP contribution in [0.3, 0.4) is 0 Å². The summed E-state index contributed by atoms with van der Waals surface area (Å²) in [5.74, 6) is 1.47. The van der Waals surface area contributed by atoms with Gasteiger partial charge in [0.25, 0.3) is 0 Å². The molecular formula is C17H25NO. The van der Waals surface area contributed by atoms with Gasteiger partial charge in [-0.25, -0.2) is 0 Å². The van der Waals surface area contributed by atoms with E-state index in [1.807, 2.05) is 12.1 Å². The van der Waals surface area contributed by atoms with Crippen LogP contribution >= 0.6 is 0 Å². The van der Waals surface area contributed by atoms with E-state index in [9.17, 15) is 4.79 Å². The lowest BCUT2D eigenvalue weighted by Gasteiger charge is -2.36. The molecule has 0 bridgehead atoms. The molecule has 0 aliphatic heterocycles. The van der Waals surface area contributed by atoms with Crippen LogP contribution in [0.4, 0.5) is 0 Å². The molecule has 19 heavy (non-hydrogen) atoms. The van der Waals surface area contributed by atoms with Crippen molar-refractivity contribution in [3.8, 4) is 0 Å². The number of hydrogen-bond donors (Lipinski definition) is 0. The summed E-state index contributed by atoms with van der Waals surface area (Å²) in [6, 6.07) is 3.89. The highest BCUT2D eigenvalue weighted by Crippen LogP contribution is 2.40. The van der Waals surface area contributed by atoms with Crippen LogP contribution in [0.25, 0.3) is 0 Å². The SMILES string of the molecule is CC(C)(C)C1CCC(C(=O)Cc2ccncc2)CC1. The van der Waals surface area contributed by atoms with Crippen molar-refractivity contribution in [2.75, 3.05) is 0 Å². The Bertz CT molecular complexity index is 411. The van der Waals surface area contributed by atoms with Gasteiger partial charge in [0.1, 0.15) is 5.78 Å². The van der Waals surface area contributed by atoms with E-state index in [-0.39, 0.29) is 5.92 Å². The number of pyridine rings is 1. The molecule has 104 valence electrons. The van der Waals surface area contributed by atoms with Crippen LogP contribution in [0, 0.1) is 17.3 Å². The summed E-state index contributed by atoms with van der Waals surface area (Å²) in [4.78, 5) is 16.3. The molecular weight excluding hydrogens is 234 g/mol. The molecule has 1 saturated carbocycles. The highest BCUT2D eigenvalue weighted by atomic mass is 16.1. The Hall–Kier alpha value is -1.18. The van der Waals surface area contributed by atoms with E-state index in [0.29, 0.717) is 17.6 Å². The molecule has 0 spiro atoms. The third-order valence-corrected chi connectivity index (χ3v) is 4.53. The quantitative estimate of drug-likeness (QED) is 0.819. The molecule has 1 aliphatic carbocycles. The highest BCUT2D eigenvalue weighted by molar-refractivity contribution is 5.83. The highest BCUT2D eigenvalue weighted by Gasteiger charge is 2.32. The molecule has 0 amide bonds. The first-order valence-electron chi connectivity index (χ1n) is 7.38. The molecule has 2 rings (SSSR count). The summed E-state index contributed by atoms with van der Waals surface area (Å²) in [5, 5.41) is 0. The van der Waals surface area contributed by atoms with Gasteiger partial charge in [0.15, 0.2) is 0 Å². The van der Waals surface area contributed by atoms with E-state index in [1.54, 1.807) is 12.4 Å². The minimum Gasteiger partial charge on any atom is -0.299 e. The van der Waals surface area contributed by atoms with Crippen molar-refractivity contribution >= 4 is 5.78 Å². The zero-order valence-electron chi connectivity index (χ0n) is 12.4. The zero-order chi connectivity index (χ0) is 13.9. The van der Waals surface area contributed by atoms with Gasteiger partial charge in [-0.3, -0.25) is 9.78 Å². The van der Waals surface area contributed by atoms with E-state index >= 15 is 0 Å². The van der Waals surface area contributed by atoms with Crippen molar-refractivity contribution in [1.82, 2.24) is 4.98 Å². The summed E-state index contributed by atoms with van der Waals surface area (Å²) in [6.45, 7) is 6.95. The molecule has 0 aromatic carbocycles. The van der Waals surface area contributed by atoms with Crippen LogP contribution < -0.4 is 0 Å². The Labute approximate surface area is 116 Å². The Morgan fingerprint density at radius 1 is 1.16 bits per heavy atom. The molecule has 0 saturated heterocycles. The van der Waals surface area contributed by atoms with Gasteiger partial charge in [-0.2, -0.15) is 0 Å². The molecule has 1 aliphatic rings. The number of carbonyl (C=O) groups is 1. The van der Waals surface area contributed by atoms with Crippen LogP contribution in [0.2, 0.25) is 0 Å². The van der Waals surface area contributed by atoms with E-state index < -0.39 is 0 Å². The number of nitrogens with zero attached hydrogens (tertiary/aromatic N) is 1. The fourth-order valence-corrected chi connectivity index (χ4v) is 3.13. The minimum atomic E-state index is 0.284. The topological polar surface area (TPSA) is 30.0 Å². The van der Waals surface area contributed by atoms with Crippen LogP contribution in [0.5, 0.6) is 0 Å². The second-order valence-electron chi connectivity index (χ2n) is 6.91. The summed E-state index contributed by atoms with van der Waals surface area (Å²) < 4.78 is 0. The fraction of sp³-hybridized carbons (Fsp3) is 0.647.